The van der Waals surface area contributed by atoms with Gasteiger partial charge in [-0.2, -0.15) is 17.8 Å². The summed E-state index contributed by atoms with van der Waals surface area (Å²) in [6, 6.07) is 11.2. The van der Waals surface area contributed by atoms with E-state index in [-0.39, 0.29) is 30.4 Å². The molecule has 0 saturated carbocycles. The molecule has 1 aromatic heterocycles. The van der Waals surface area contributed by atoms with E-state index in [0.29, 0.717) is 59.4 Å². The first-order valence-electron chi connectivity index (χ1n) is 12.5. The van der Waals surface area contributed by atoms with Crippen molar-refractivity contribution in [3.05, 3.63) is 91.9 Å². The predicted octanol–water partition coefficient (Wildman–Crippen LogP) is 5.44. The van der Waals surface area contributed by atoms with Crippen LogP contribution >= 0.6 is 24.0 Å². The van der Waals surface area contributed by atoms with Gasteiger partial charge in [-0.25, -0.2) is 4.98 Å². The molecule has 0 unspecified atom stereocenters. The smallest absolute Gasteiger partial charge is 0.348 e. The largest absolute Gasteiger partial charge is 0.416 e. The fourth-order valence-electron chi connectivity index (χ4n) is 4.91. The Balaban J connectivity index is 0.00000353. The summed E-state index contributed by atoms with van der Waals surface area (Å²) in [5.41, 5.74) is 1.26. The van der Waals surface area contributed by atoms with Gasteiger partial charge >= 0.3 is 6.18 Å². The molecule has 0 spiro atoms. The van der Waals surface area contributed by atoms with Crippen LogP contribution in [0.5, 0.6) is 0 Å². The summed E-state index contributed by atoms with van der Waals surface area (Å²) >= 11 is 5.95. The lowest BCUT2D eigenvalue weighted by molar-refractivity contribution is -0.137. The maximum absolute atomic E-state index is 13.8. The Kier molecular flexibility index (Phi) is 8.46. The highest BCUT2D eigenvalue weighted by atomic mass is 35.5. The third-order valence-corrected chi connectivity index (χ3v) is 7.29. The zero-order valence-electron chi connectivity index (χ0n) is 21.2. The molecule has 39 heavy (non-hydrogen) atoms. The van der Waals surface area contributed by atoms with Crippen molar-refractivity contribution in [2.45, 2.75) is 44.9 Å². The Hall–Kier alpha value is -3.24. The molecule has 1 atom stereocenters. The summed E-state index contributed by atoms with van der Waals surface area (Å²) in [7, 11) is 0. The van der Waals surface area contributed by atoms with Crippen LogP contribution in [-0.4, -0.2) is 40.1 Å². The maximum atomic E-state index is 13.8. The summed E-state index contributed by atoms with van der Waals surface area (Å²) in [5.74, 6) is 0.165. The van der Waals surface area contributed by atoms with E-state index in [1.165, 1.54) is 16.8 Å². The lowest BCUT2D eigenvalue weighted by Crippen LogP contribution is -2.47. The normalized spacial score (nSPS) is 15.9. The zero-order chi connectivity index (χ0) is 27.0. The number of fused-ring (bicyclic) bond motifs is 1. The number of halogens is 5. The minimum absolute atomic E-state index is 0. The molecular weight excluding hydrogens is 554 g/mol. The summed E-state index contributed by atoms with van der Waals surface area (Å²) < 4.78 is 40.5. The number of alkyl halides is 3. The van der Waals surface area contributed by atoms with Crippen LogP contribution in [0.15, 0.2) is 53.3 Å². The number of carbonyl (C=O) groups excluding carboxylic acids is 1. The van der Waals surface area contributed by atoms with Crippen LogP contribution in [0.2, 0.25) is 5.02 Å². The van der Waals surface area contributed by atoms with Gasteiger partial charge in [-0.1, -0.05) is 23.7 Å². The van der Waals surface area contributed by atoms with Gasteiger partial charge in [0.1, 0.15) is 0 Å². The highest BCUT2D eigenvalue weighted by Gasteiger charge is 2.31. The Morgan fingerprint density at radius 2 is 1.67 bits per heavy atom. The topological polar surface area (TPSA) is 70.5 Å². The fourth-order valence-corrected chi connectivity index (χ4v) is 5.03. The van der Waals surface area contributed by atoms with Gasteiger partial charge < -0.3 is 15.2 Å². The number of hydrogen-bond acceptors (Lipinski definition) is 5. The van der Waals surface area contributed by atoms with Gasteiger partial charge in [-0.05, 0) is 61.7 Å². The highest BCUT2D eigenvalue weighted by Crippen LogP contribution is 2.30. The van der Waals surface area contributed by atoms with Gasteiger partial charge in [0, 0.05) is 36.6 Å². The van der Waals surface area contributed by atoms with Crippen molar-refractivity contribution in [1.29, 1.82) is 0 Å². The van der Waals surface area contributed by atoms with E-state index in [2.05, 4.69) is 5.32 Å². The molecule has 5 rings (SSSR count). The quantitative estimate of drug-likeness (QED) is 0.434. The number of nitrogens with one attached hydrogen (secondary N) is 1. The van der Waals surface area contributed by atoms with Gasteiger partial charge in [0.25, 0.3) is 11.5 Å². The molecule has 7 nitrogen and oxygen atoms in total. The van der Waals surface area contributed by atoms with Crippen LogP contribution in [0.3, 0.4) is 0 Å². The number of amides is 1. The van der Waals surface area contributed by atoms with E-state index in [4.69, 9.17) is 16.6 Å². The van der Waals surface area contributed by atoms with E-state index in [0.717, 1.165) is 25.0 Å². The van der Waals surface area contributed by atoms with Crippen molar-refractivity contribution in [3.63, 3.8) is 0 Å². The number of aromatic nitrogens is 2. The second-order valence-corrected chi connectivity index (χ2v) is 10.0. The summed E-state index contributed by atoms with van der Waals surface area (Å²) in [5, 5.41) is 5.72. The maximum Gasteiger partial charge on any atom is 0.416 e. The fraction of sp³-hybridized carbons (Fsp3) is 0.370. The van der Waals surface area contributed by atoms with E-state index >= 15 is 0 Å². The molecule has 3 aromatic rings. The second kappa shape index (κ2) is 11.5. The molecule has 2 aliphatic rings. The van der Waals surface area contributed by atoms with Gasteiger partial charge in [0.2, 0.25) is 5.95 Å². The molecule has 1 saturated heterocycles. The van der Waals surface area contributed by atoms with Crippen LogP contribution in [0.4, 0.5) is 19.1 Å². The van der Waals surface area contributed by atoms with Crippen LogP contribution in [0.25, 0.3) is 0 Å². The van der Waals surface area contributed by atoms with Crippen molar-refractivity contribution in [2.75, 3.05) is 30.0 Å². The van der Waals surface area contributed by atoms with Gasteiger partial charge in [0.15, 0.2) is 0 Å². The minimum atomic E-state index is -4.41. The number of carbonyl (C=O) groups is 1. The van der Waals surface area contributed by atoms with Crippen molar-refractivity contribution < 1.29 is 18.0 Å². The van der Waals surface area contributed by atoms with Crippen molar-refractivity contribution in [2.24, 2.45) is 0 Å². The average molecular weight is 582 g/mol. The molecule has 208 valence electrons. The number of anilines is 1. The summed E-state index contributed by atoms with van der Waals surface area (Å²) in [6.07, 6.45) is -2.14. The molecule has 3 heterocycles. The lowest BCUT2D eigenvalue weighted by Gasteiger charge is -2.31. The first-order valence-corrected chi connectivity index (χ1v) is 12.9. The molecule has 12 heteroatoms. The Labute approximate surface area is 235 Å². The molecule has 0 aliphatic carbocycles. The van der Waals surface area contributed by atoms with Gasteiger partial charge in [-0.3, -0.25) is 9.59 Å². The predicted molar refractivity (Wildman–Crippen MR) is 146 cm³/mol. The third-order valence-electron chi connectivity index (χ3n) is 7.04. The molecule has 2 aromatic carbocycles. The second-order valence-electron chi connectivity index (χ2n) is 9.61. The van der Waals surface area contributed by atoms with Crippen LogP contribution in [0, 0.1) is 0 Å². The monoisotopic (exact) mass is 581 g/mol. The van der Waals surface area contributed by atoms with E-state index < -0.39 is 17.8 Å². The number of nitrogens with zero attached hydrogens (tertiary/aromatic N) is 4. The molecule has 1 fully saturated rings. The van der Waals surface area contributed by atoms with Crippen molar-refractivity contribution in [1.82, 2.24) is 14.6 Å². The number of rotatable bonds is 5. The average Bonchev–Trinajstić information content (AvgIpc) is 3.43. The van der Waals surface area contributed by atoms with Gasteiger partial charge in [-0.15, -0.1) is 12.4 Å². The number of benzene rings is 2. The SMILES string of the molecule is C[C@H](Nc1nc2c(c(=O)n1N1CCCC1)CN(C(=O)c1ccc(Cl)cc1)CC2)c1ccc(C(F)(F)F)cc1.Cl. The Bertz CT molecular complexity index is 1390. The van der Waals surface area contributed by atoms with Crippen LogP contribution in [0.1, 0.15) is 58.5 Å². The zero-order valence-corrected chi connectivity index (χ0v) is 22.7. The van der Waals surface area contributed by atoms with E-state index in [9.17, 15) is 22.8 Å². The molecule has 1 amide bonds. The van der Waals surface area contributed by atoms with Crippen molar-refractivity contribution in [3.8, 4) is 0 Å². The Morgan fingerprint density at radius 3 is 2.28 bits per heavy atom. The highest BCUT2D eigenvalue weighted by molar-refractivity contribution is 6.30. The molecule has 0 radical (unpaired) electrons. The van der Waals surface area contributed by atoms with Gasteiger partial charge in [0.05, 0.1) is 29.4 Å². The standard InChI is InChI=1S/C27H27ClF3N5O2.ClH/c1-17(18-4-8-20(9-5-18)27(29,30)31)32-26-33-23-12-15-34(24(37)19-6-10-21(28)11-7-19)16-22(23)25(38)36(26)35-13-2-3-14-35;/h4-11,17H,2-3,12-16H2,1H3,(H,32,33);1H/t17-;/m0./s1. The number of hydrogen-bond donors (Lipinski definition) is 1. The molecular formula is C27H28Cl2F3N5O2. The molecule has 1 N–H and O–H groups in total. The van der Waals surface area contributed by atoms with Crippen molar-refractivity contribution >= 4 is 35.9 Å². The minimum Gasteiger partial charge on any atom is -0.348 e. The lowest BCUT2D eigenvalue weighted by atomic mass is 10.0. The first-order chi connectivity index (χ1) is 18.1. The summed E-state index contributed by atoms with van der Waals surface area (Å²) in [4.78, 5) is 33.3. The van der Waals surface area contributed by atoms with E-state index in [1.807, 2.05) is 11.9 Å². The third kappa shape index (κ3) is 6.01. The molecule has 0 bridgehead atoms. The van der Waals surface area contributed by atoms with E-state index in [1.54, 1.807) is 29.2 Å². The molecule has 2 aliphatic heterocycles. The Morgan fingerprint density at radius 1 is 1.03 bits per heavy atom. The van der Waals surface area contributed by atoms with Crippen LogP contribution < -0.4 is 15.9 Å². The first kappa shape index (κ1) is 28.8. The summed E-state index contributed by atoms with van der Waals surface area (Å²) in [6.45, 7) is 3.72. The van der Waals surface area contributed by atoms with Crippen LogP contribution in [-0.2, 0) is 19.1 Å².